The Kier molecular flexibility index (Phi) is 6.51. The molecule has 0 saturated heterocycles. The molecule has 2 aromatic rings. The Hall–Kier alpha value is -1.98. The topological polar surface area (TPSA) is 87.5 Å². The fraction of sp³-hybridized carbons (Fsp3) is 0.333. The SMILES string of the molecule is CCOC(=O)c1nn(-c2ccc(Cl)cc2Cl)c(OS(=O)(=O)C(F)(F)F)c1CC. The molecule has 0 aliphatic rings. The van der Waals surface area contributed by atoms with E-state index in [1.165, 1.54) is 32.0 Å². The van der Waals surface area contributed by atoms with E-state index in [1.807, 2.05) is 0 Å². The standard InChI is InChI=1S/C15H13Cl2F3N2O5S/c1-3-9-12(14(23)26-4-2)21-22(11-6-5-8(16)7-10(11)17)13(9)27-28(24,25)15(18,19)20/h5-7H,3-4H2,1-2H3. The molecule has 0 unspecified atom stereocenters. The van der Waals surface area contributed by atoms with Crippen LogP contribution in [0.2, 0.25) is 10.0 Å². The van der Waals surface area contributed by atoms with Crippen LogP contribution in [0.1, 0.15) is 29.9 Å². The van der Waals surface area contributed by atoms with Crippen molar-refractivity contribution in [1.82, 2.24) is 9.78 Å². The van der Waals surface area contributed by atoms with Crippen molar-refractivity contribution in [2.45, 2.75) is 25.8 Å². The maximum Gasteiger partial charge on any atom is 0.534 e. The van der Waals surface area contributed by atoms with Gasteiger partial charge in [-0.2, -0.15) is 31.4 Å². The first-order chi connectivity index (χ1) is 12.9. The number of hydrogen-bond donors (Lipinski definition) is 0. The van der Waals surface area contributed by atoms with Gasteiger partial charge in [-0.05, 0) is 31.5 Å². The first kappa shape index (κ1) is 22.3. The van der Waals surface area contributed by atoms with E-state index in [2.05, 4.69) is 9.28 Å². The van der Waals surface area contributed by atoms with Gasteiger partial charge in [-0.15, -0.1) is 0 Å². The van der Waals surface area contributed by atoms with E-state index in [9.17, 15) is 26.4 Å². The number of nitrogens with zero attached hydrogens (tertiary/aromatic N) is 2. The average molecular weight is 461 g/mol. The molecule has 0 spiro atoms. The van der Waals surface area contributed by atoms with Crippen molar-refractivity contribution in [2.75, 3.05) is 6.61 Å². The zero-order valence-electron chi connectivity index (χ0n) is 14.4. The number of carbonyl (C=O) groups is 1. The summed E-state index contributed by atoms with van der Waals surface area (Å²) in [5.74, 6) is -1.79. The quantitative estimate of drug-likeness (QED) is 0.365. The van der Waals surface area contributed by atoms with E-state index in [4.69, 9.17) is 27.9 Å². The molecule has 1 heterocycles. The van der Waals surface area contributed by atoms with Crippen LogP contribution in [0.5, 0.6) is 5.88 Å². The van der Waals surface area contributed by atoms with Gasteiger partial charge in [0.2, 0.25) is 5.88 Å². The van der Waals surface area contributed by atoms with Gasteiger partial charge < -0.3 is 8.92 Å². The van der Waals surface area contributed by atoms with E-state index in [0.717, 1.165) is 0 Å². The first-order valence-electron chi connectivity index (χ1n) is 7.68. The number of ether oxygens (including phenoxy) is 1. The number of halogens is 5. The lowest BCUT2D eigenvalue weighted by Crippen LogP contribution is -2.29. The molecule has 0 atom stereocenters. The zero-order chi connectivity index (χ0) is 21.3. The Morgan fingerprint density at radius 2 is 1.89 bits per heavy atom. The zero-order valence-corrected chi connectivity index (χ0v) is 16.7. The summed E-state index contributed by atoms with van der Waals surface area (Å²) in [6.45, 7) is 2.95. The molecule has 28 heavy (non-hydrogen) atoms. The molecule has 0 bridgehead atoms. The molecule has 0 aliphatic heterocycles. The van der Waals surface area contributed by atoms with Crippen molar-refractivity contribution in [3.63, 3.8) is 0 Å². The second kappa shape index (κ2) is 8.18. The minimum Gasteiger partial charge on any atom is -0.461 e. The summed E-state index contributed by atoms with van der Waals surface area (Å²) < 4.78 is 71.4. The Morgan fingerprint density at radius 1 is 1.25 bits per heavy atom. The number of carbonyl (C=O) groups excluding carboxylic acids is 1. The second-order valence-electron chi connectivity index (χ2n) is 5.20. The molecule has 0 radical (unpaired) electrons. The lowest BCUT2D eigenvalue weighted by Gasteiger charge is -2.13. The molecule has 0 amide bonds. The normalized spacial score (nSPS) is 12.1. The number of rotatable bonds is 6. The van der Waals surface area contributed by atoms with Gasteiger partial charge in [-0.25, -0.2) is 4.79 Å². The summed E-state index contributed by atoms with van der Waals surface area (Å²) >= 11 is 11.9. The van der Waals surface area contributed by atoms with E-state index >= 15 is 0 Å². The lowest BCUT2D eigenvalue weighted by atomic mass is 10.2. The van der Waals surface area contributed by atoms with Crippen molar-refractivity contribution in [1.29, 1.82) is 0 Å². The van der Waals surface area contributed by atoms with Gasteiger partial charge in [-0.3, -0.25) is 0 Å². The van der Waals surface area contributed by atoms with Crippen LogP contribution >= 0.6 is 23.2 Å². The molecular formula is C15H13Cl2F3N2O5S. The highest BCUT2D eigenvalue weighted by molar-refractivity contribution is 7.88. The Balaban J connectivity index is 2.77. The molecule has 154 valence electrons. The van der Waals surface area contributed by atoms with E-state index in [-0.39, 0.29) is 34.3 Å². The molecule has 7 nitrogen and oxygen atoms in total. The molecule has 2 rings (SSSR count). The van der Waals surface area contributed by atoms with Crippen LogP contribution in [0, 0.1) is 0 Å². The van der Waals surface area contributed by atoms with Gasteiger partial charge >= 0.3 is 21.6 Å². The van der Waals surface area contributed by atoms with Crippen molar-refractivity contribution in [3.8, 4) is 11.6 Å². The minimum absolute atomic E-state index is 0.0341. The molecule has 0 N–H and O–H groups in total. The fourth-order valence-corrected chi connectivity index (χ4v) is 3.13. The minimum atomic E-state index is -6.04. The lowest BCUT2D eigenvalue weighted by molar-refractivity contribution is -0.0502. The second-order valence-corrected chi connectivity index (χ2v) is 7.58. The number of benzene rings is 1. The average Bonchev–Trinajstić information content (AvgIpc) is 2.91. The summed E-state index contributed by atoms with van der Waals surface area (Å²) in [6.07, 6.45) is -0.0813. The van der Waals surface area contributed by atoms with Crippen LogP contribution in [0.25, 0.3) is 5.69 Å². The largest absolute Gasteiger partial charge is 0.534 e. The van der Waals surface area contributed by atoms with Crippen LogP contribution in [-0.2, 0) is 21.3 Å². The van der Waals surface area contributed by atoms with Crippen LogP contribution < -0.4 is 4.18 Å². The van der Waals surface area contributed by atoms with Gasteiger partial charge in [0.05, 0.1) is 22.9 Å². The Labute approximate surface area is 168 Å². The van der Waals surface area contributed by atoms with Gasteiger partial charge in [0.25, 0.3) is 0 Å². The Morgan fingerprint density at radius 3 is 2.39 bits per heavy atom. The summed E-state index contributed by atoms with van der Waals surface area (Å²) in [6, 6.07) is 3.89. The summed E-state index contributed by atoms with van der Waals surface area (Å²) in [7, 11) is -6.04. The smallest absolute Gasteiger partial charge is 0.461 e. The third-order valence-electron chi connectivity index (χ3n) is 3.37. The third kappa shape index (κ3) is 4.36. The van der Waals surface area contributed by atoms with Gasteiger partial charge in [-0.1, -0.05) is 30.1 Å². The fourth-order valence-electron chi connectivity index (χ4n) is 2.17. The highest BCUT2D eigenvalue weighted by Crippen LogP contribution is 2.35. The number of esters is 1. The summed E-state index contributed by atoms with van der Waals surface area (Å²) in [4.78, 5) is 12.1. The first-order valence-corrected chi connectivity index (χ1v) is 9.84. The van der Waals surface area contributed by atoms with E-state index < -0.39 is 33.2 Å². The molecule has 0 aliphatic carbocycles. The van der Waals surface area contributed by atoms with Crippen LogP contribution in [0.3, 0.4) is 0 Å². The Bertz CT molecular complexity index is 1010. The van der Waals surface area contributed by atoms with Crippen molar-refractivity contribution < 1.29 is 35.3 Å². The number of aromatic nitrogens is 2. The van der Waals surface area contributed by atoms with Crippen molar-refractivity contribution in [3.05, 3.63) is 39.5 Å². The molecule has 1 aromatic carbocycles. The maximum atomic E-state index is 12.8. The maximum absolute atomic E-state index is 12.8. The molecular weight excluding hydrogens is 448 g/mol. The molecule has 0 saturated carbocycles. The van der Waals surface area contributed by atoms with E-state index in [0.29, 0.717) is 4.68 Å². The van der Waals surface area contributed by atoms with Crippen LogP contribution in [0.4, 0.5) is 13.2 Å². The van der Waals surface area contributed by atoms with Crippen molar-refractivity contribution >= 4 is 39.3 Å². The van der Waals surface area contributed by atoms with Gasteiger partial charge in [0.15, 0.2) is 5.69 Å². The highest BCUT2D eigenvalue weighted by Gasteiger charge is 2.49. The van der Waals surface area contributed by atoms with Crippen LogP contribution in [-0.4, -0.2) is 36.3 Å². The summed E-state index contributed by atoms with van der Waals surface area (Å²) in [5, 5.41) is 4.03. The predicted octanol–water partition coefficient (Wildman–Crippen LogP) is 4.15. The van der Waals surface area contributed by atoms with Gasteiger partial charge in [0, 0.05) is 5.02 Å². The molecule has 0 fully saturated rings. The third-order valence-corrected chi connectivity index (χ3v) is 4.85. The molecule has 13 heteroatoms. The van der Waals surface area contributed by atoms with Gasteiger partial charge in [0.1, 0.15) is 0 Å². The predicted molar refractivity (Wildman–Crippen MR) is 94.5 cm³/mol. The summed E-state index contributed by atoms with van der Waals surface area (Å²) in [5.41, 5.74) is -6.34. The van der Waals surface area contributed by atoms with Crippen LogP contribution in [0.15, 0.2) is 18.2 Å². The van der Waals surface area contributed by atoms with E-state index in [1.54, 1.807) is 0 Å². The highest BCUT2D eigenvalue weighted by atomic mass is 35.5. The number of hydrogen-bond acceptors (Lipinski definition) is 6. The number of alkyl halides is 3. The van der Waals surface area contributed by atoms with Crippen molar-refractivity contribution in [2.24, 2.45) is 0 Å². The monoisotopic (exact) mass is 460 g/mol. The molecule has 1 aromatic heterocycles.